The van der Waals surface area contributed by atoms with Gasteiger partial charge in [0.1, 0.15) is 5.69 Å². The Hall–Kier alpha value is -4.47. The predicted molar refractivity (Wildman–Crippen MR) is 154 cm³/mol. The van der Waals surface area contributed by atoms with Gasteiger partial charge in [-0.1, -0.05) is 83.5 Å². The molecule has 8 nitrogen and oxygen atoms in total. The zero-order chi connectivity index (χ0) is 28.0. The highest BCUT2D eigenvalue weighted by Gasteiger charge is 2.20. The summed E-state index contributed by atoms with van der Waals surface area (Å²) >= 11 is 6.29. The van der Waals surface area contributed by atoms with Crippen LogP contribution in [0.1, 0.15) is 27.2 Å². The molecule has 5 rings (SSSR count). The van der Waals surface area contributed by atoms with Crippen LogP contribution in [0.2, 0.25) is 5.02 Å². The van der Waals surface area contributed by atoms with Gasteiger partial charge in [0.05, 0.1) is 24.2 Å². The third kappa shape index (κ3) is 6.74. The average molecular weight is 572 g/mol. The van der Waals surface area contributed by atoms with Crippen molar-refractivity contribution in [3.63, 3.8) is 0 Å². The largest absolute Gasteiger partial charge is 0.328 e. The number of hydrogen-bond acceptors (Lipinski definition) is 5. The standard InChI is InChI=1S/C30H26ClN5O3S/c31-29-14-8-7-11-25(29)20-36-22-27(32-34-36)21-35(19-23-9-3-1-4-10-23)30(37)24-15-17-28(18-16-24)40(38,39)33-26-12-5-2-6-13-26/h1-18,22,33H,19-21H2. The molecule has 0 fully saturated rings. The van der Waals surface area contributed by atoms with E-state index in [1.165, 1.54) is 24.3 Å². The molecule has 0 spiro atoms. The molecular formula is C30H26ClN5O3S. The maximum Gasteiger partial charge on any atom is 0.261 e. The lowest BCUT2D eigenvalue weighted by molar-refractivity contribution is 0.0727. The topological polar surface area (TPSA) is 97.2 Å². The van der Waals surface area contributed by atoms with Crippen LogP contribution in [0.4, 0.5) is 5.69 Å². The molecule has 0 radical (unpaired) electrons. The maximum absolute atomic E-state index is 13.6. The van der Waals surface area contributed by atoms with Crippen LogP contribution in [0.15, 0.2) is 120 Å². The van der Waals surface area contributed by atoms with Crippen molar-refractivity contribution in [1.29, 1.82) is 0 Å². The number of aromatic nitrogens is 3. The first-order valence-electron chi connectivity index (χ1n) is 12.5. The van der Waals surface area contributed by atoms with E-state index >= 15 is 0 Å². The molecule has 1 aromatic heterocycles. The number of sulfonamides is 1. The number of rotatable bonds is 10. The van der Waals surface area contributed by atoms with Crippen LogP contribution < -0.4 is 4.72 Å². The molecular weight excluding hydrogens is 546 g/mol. The molecule has 0 aliphatic carbocycles. The van der Waals surface area contributed by atoms with Crippen LogP contribution in [0.5, 0.6) is 0 Å². The third-order valence-corrected chi connectivity index (χ3v) is 7.94. The zero-order valence-corrected chi connectivity index (χ0v) is 23.0. The molecule has 1 amide bonds. The SMILES string of the molecule is O=C(c1ccc(S(=O)(=O)Nc2ccccc2)cc1)N(Cc1ccccc1)Cc1cn(Cc2ccccc2Cl)nn1. The van der Waals surface area contributed by atoms with Gasteiger partial charge in [-0.05, 0) is 53.6 Å². The van der Waals surface area contributed by atoms with E-state index in [0.717, 1.165) is 11.1 Å². The summed E-state index contributed by atoms with van der Waals surface area (Å²) in [6.45, 7) is 1.00. The number of hydrogen-bond donors (Lipinski definition) is 1. The van der Waals surface area contributed by atoms with Crippen molar-refractivity contribution in [2.45, 2.75) is 24.5 Å². The minimum Gasteiger partial charge on any atom is -0.328 e. The second-order valence-electron chi connectivity index (χ2n) is 9.14. The first kappa shape index (κ1) is 27.1. The Morgan fingerprint density at radius 2 is 1.48 bits per heavy atom. The second-order valence-corrected chi connectivity index (χ2v) is 11.2. The van der Waals surface area contributed by atoms with Crippen LogP contribution in [0.25, 0.3) is 0 Å². The molecule has 1 heterocycles. The van der Waals surface area contributed by atoms with E-state index in [2.05, 4.69) is 15.0 Å². The summed E-state index contributed by atoms with van der Waals surface area (Å²) in [7, 11) is -3.80. The molecule has 0 unspecified atom stereocenters. The third-order valence-electron chi connectivity index (χ3n) is 6.17. The average Bonchev–Trinajstić information content (AvgIpc) is 3.41. The number of benzene rings is 4. The fraction of sp³-hybridized carbons (Fsp3) is 0.100. The molecule has 1 N–H and O–H groups in total. The van der Waals surface area contributed by atoms with Crippen LogP contribution >= 0.6 is 11.6 Å². The van der Waals surface area contributed by atoms with Gasteiger partial charge in [0.2, 0.25) is 0 Å². The van der Waals surface area contributed by atoms with Gasteiger partial charge >= 0.3 is 0 Å². The number of carbonyl (C=O) groups is 1. The second kappa shape index (κ2) is 12.1. The van der Waals surface area contributed by atoms with Gasteiger partial charge in [0.25, 0.3) is 15.9 Å². The van der Waals surface area contributed by atoms with Gasteiger partial charge in [-0.25, -0.2) is 13.1 Å². The number of amides is 1. The van der Waals surface area contributed by atoms with Crippen molar-refractivity contribution < 1.29 is 13.2 Å². The Labute approximate surface area is 237 Å². The molecule has 5 aromatic rings. The van der Waals surface area contributed by atoms with Gasteiger partial charge in [0, 0.05) is 22.8 Å². The molecule has 0 atom stereocenters. The highest BCUT2D eigenvalue weighted by atomic mass is 35.5. The van der Waals surface area contributed by atoms with Crippen LogP contribution in [0.3, 0.4) is 0 Å². The number of para-hydroxylation sites is 1. The fourth-order valence-corrected chi connectivity index (χ4v) is 5.42. The zero-order valence-electron chi connectivity index (χ0n) is 21.4. The summed E-state index contributed by atoms with van der Waals surface area (Å²) in [6, 6.07) is 31.7. The fourth-order valence-electron chi connectivity index (χ4n) is 4.17. The van der Waals surface area contributed by atoms with Gasteiger partial charge in [-0.2, -0.15) is 0 Å². The molecule has 0 saturated carbocycles. The lowest BCUT2D eigenvalue weighted by Gasteiger charge is -2.22. The van der Waals surface area contributed by atoms with Crippen LogP contribution in [0, 0.1) is 0 Å². The molecule has 10 heteroatoms. The number of halogens is 1. The Balaban J connectivity index is 1.35. The molecule has 40 heavy (non-hydrogen) atoms. The smallest absolute Gasteiger partial charge is 0.261 e. The van der Waals surface area contributed by atoms with Crippen molar-refractivity contribution in [2.75, 3.05) is 4.72 Å². The van der Waals surface area contributed by atoms with E-state index in [9.17, 15) is 13.2 Å². The Morgan fingerprint density at radius 1 is 0.825 bits per heavy atom. The monoisotopic (exact) mass is 571 g/mol. The summed E-state index contributed by atoms with van der Waals surface area (Å²) < 4.78 is 29.9. The highest BCUT2D eigenvalue weighted by molar-refractivity contribution is 7.92. The molecule has 0 saturated heterocycles. The van der Waals surface area contributed by atoms with Gasteiger partial charge < -0.3 is 4.90 Å². The Morgan fingerprint density at radius 3 is 2.17 bits per heavy atom. The molecule has 0 aliphatic heterocycles. The van der Waals surface area contributed by atoms with E-state index < -0.39 is 10.0 Å². The van der Waals surface area contributed by atoms with Crippen LogP contribution in [-0.4, -0.2) is 34.2 Å². The lowest BCUT2D eigenvalue weighted by atomic mass is 10.1. The van der Waals surface area contributed by atoms with Gasteiger partial charge in [-0.15, -0.1) is 5.10 Å². The van der Waals surface area contributed by atoms with Gasteiger partial charge in [-0.3, -0.25) is 9.52 Å². The van der Waals surface area contributed by atoms with E-state index in [1.807, 2.05) is 54.6 Å². The minimum absolute atomic E-state index is 0.0602. The molecule has 0 bridgehead atoms. The summed E-state index contributed by atoms with van der Waals surface area (Å²) in [4.78, 5) is 15.4. The normalized spacial score (nSPS) is 11.2. The van der Waals surface area contributed by atoms with E-state index in [1.54, 1.807) is 46.1 Å². The van der Waals surface area contributed by atoms with E-state index in [4.69, 9.17) is 11.6 Å². The van der Waals surface area contributed by atoms with E-state index in [0.29, 0.717) is 35.1 Å². The summed E-state index contributed by atoms with van der Waals surface area (Å²) in [5.41, 5.74) is 3.29. The first-order chi connectivity index (χ1) is 19.4. The summed E-state index contributed by atoms with van der Waals surface area (Å²) in [5.74, 6) is -0.260. The highest BCUT2D eigenvalue weighted by Crippen LogP contribution is 2.20. The summed E-state index contributed by atoms with van der Waals surface area (Å²) in [6.07, 6.45) is 1.79. The summed E-state index contributed by atoms with van der Waals surface area (Å²) in [5, 5.41) is 9.13. The maximum atomic E-state index is 13.6. The minimum atomic E-state index is -3.80. The number of nitrogens with one attached hydrogen (secondary N) is 1. The first-order valence-corrected chi connectivity index (χ1v) is 14.4. The molecule has 202 valence electrons. The number of nitrogens with zero attached hydrogens (tertiary/aromatic N) is 4. The van der Waals surface area contributed by atoms with Crippen molar-refractivity contribution in [3.05, 3.63) is 143 Å². The molecule has 4 aromatic carbocycles. The Kier molecular flexibility index (Phi) is 8.23. The van der Waals surface area contributed by atoms with Crippen molar-refractivity contribution in [1.82, 2.24) is 19.9 Å². The van der Waals surface area contributed by atoms with Crippen molar-refractivity contribution in [2.24, 2.45) is 0 Å². The van der Waals surface area contributed by atoms with E-state index in [-0.39, 0.29) is 17.3 Å². The number of carbonyl (C=O) groups excluding carboxylic acids is 1. The van der Waals surface area contributed by atoms with Crippen LogP contribution in [-0.2, 0) is 29.7 Å². The lowest BCUT2D eigenvalue weighted by Crippen LogP contribution is -2.30. The van der Waals surface area contributed by atoms with Gasteiger partial charge in [0.15, 0.2) is 0 Å². The Bertz CT molecular complexity index is 1690. The van der Waals surface area contributed by atoms with Crippen molar-refractivity contribution >= 4 is 33.2 Å². The van der Waals surface area contributed by atoms with Crippen molar-refractivity contribution in [3.8, 4) is 0 Å². The number of anilines is 1. The quantitative estimate of drug-likeness (QED) is 0.234. The molecule has 0 aliphatic rings. The predicted octanol–water partition coefficient (Wildman–Crippen LogP) is 5.62.